The lowest BCUT2D eigenvalue weighted by Crippen LogP contribution is -2.36. The van der Waals surface area contributed by atoms with E-state index in [2.05, 4.69) is 10.6 Å². The summed E-state index contributed by atoms with van der Waals surface area (Å²) in [4.78, 5) is 26.8. The number of halogens is 3. The fourth-order valence-corrected chi connectivity index (χ4v) is 3.14. The average molecular weight is 471 g/mol. The first kappa shape index (κ1) is 24.6. The molecular formula is C25H24F3N3O3. The number of nitrogens with zero attached hydrogens (tertiary/aromatic N) is 1. The van der Waals surface area contributed by atoms with Gasteiger partial charge in [-0.15, -0.1) is 0 Å². The van der Waals surface area contributed by atoms with E-state index in [1.54, 1.807) is 31.4 Å². The van der Waals surface area contributed by atoms with Crippen LogP contribution in [0.1, 0.15) is 17.5 Å². The van der Waals surface area contributed by atoms with Gasteiger partial charge in [-0.25, -0.2) is 4.79 Å². The number of nitrogens with one attached hydrogen (secondary N) is 2. The Labute approximate surface area is 195 Å². The van der Waals surface area contributed by atoms with Gasteiger partial charge in [-0.05, 0) is 54.1 Å². The molecule has 3 aromatic carbocycles. The number of methoxy groups -OCH3 is 1. The Hall–Kier alpha value is -4.01. The van der Waals surface area contributed by atoms with Crippen molar-refractivity contribution in [2.24, 2.45) is 0 Å². The second kappa shape index (κ2) is 11.2. The fraction of sp³-hybridized carbons (Fsp3) is 0.200. The number of rotatable bonds is 8. The highest BCUT2D eigenvalue weighted by Crippen LogP contribution is 2.29. The molecule has 0 aliphatic heterocycles. The molecule has 3 aromatic rings. The molecule has 6 nitrogen and oxygen atoms in total. The van der Waals surface area contributed by atoms with Crippen LogP contribution in [0.3, 0.4) is 0 Å². The van der Waals surface area contributed by atoms with Crippen LogP contribution in [0.4, 0.5) is 29.3 Å². The Balaban J connectivity index is 1.63. The van der Waals surface area contributed by atoms with Crippen LogP contribution >= 0.6 is 0 Å². The van der Waals surface area contributed by atoms with E-state index in [9.17, 15) is 22.8 Å². The average Bonchev–Trinajstić information content (AvgIpc) is 2.82. The van der Waals surface area contributed by atoms with Crippen molar-refractivity contribution >= 4 is 23.3 Å². The number of benzene rings is 3. The predicted molar refractivity (Wildman–Crippen MR) is 124 cm³/mol. The number of urea groups is 1. The van der Waals surface area contributed by atoms with Crippen molar-refractivity contribution in [3.63, 3.8) is 0 Å². The lowest BCUT2D eigenvalue weighted by molar-refractivity contribution is -0.137. The van der Waals surface area contributed by atoms with Crippen LogP contribution in [0.2, 0.25) is 0 Å². The Morgan fingerprint density at radius 1 is 0.853 bits per heavy atom. The molecule has 0 aromatic heterocycles. The highest BCUT2D eigenvalue weighted by Gasteiger charge is 2.30. The number of hydrogen-bond acceptors (Lipinski definition) is 3. The van der Waals surface area contributed by atoms with Crippen LogP contribution in [-0.2, 0) is 17.5 Å². The molecule has 0 heterocycles. The van der Waals surface area contributed by atoms with Crippen LogP contribution in [0.15, 0.2) is 78.9 Å². The van der Waals surface area contributed by atoms with Crippen molar-refractivity contribution in [1.29, 1.82) is 0 Å². The van der Waals surface area contributed by atoms with E-state index in [1.165, 1.54) is 17.0 Å². The van der Waals surface area contributed by atoms with Crippen LogP contribution in [-0.4, -0.2) is 30.5 Å². The molecule has 34 heavy (non-hydrogen) atoms. The van der Waals surface area contributed by atoms with E-state index < -0.39 is 23.7 Å². The fourth-order valence-electron chi connectivity index (χ4n) is 3.14. The van der Waals surface area contributed by atoms with Gasteiger partial charge in [0.25, 0.3) is 0 Å². The first-order valence-corrected chi connectivity index (χ1v) is 10.5. The molecule has 178 valence electrons. The Kier molecular flexibility index (Phi) is 8.13. The molecule has 0 saturated heterocycles. The molecule has 0 saturated carbocycles. The van der Waals surface area contributed by atoms with E-state index >= 15 is 0 Å². The van der Waals surface area contributed by atoms with Gasteiger partial charge in [0, 0.05) is 30.9 Å². The van der Waals surface area contributed by atoms with Gasteiger partial charge in [0.05, 0.1) is 12.7 Å². The standard InChI is InChI=1S/C25H24F3N3O3/c1-34-22-13-11-21(12-14-22)30-24(33)31(17-18-5-3-2-4-6-18)16-15-23(32)29-20-9-7-19(8-10-20)25(26,27)28/h2-14H,15-17H2,1H3,(H,29,32)(H,30,33). The minimum atomic E-state index is -4.45. The first-order chi connectivity index (χ1) is 16.2. The van der Waals surface area contributed by atoms with Crippen molar-refractivity contribution in [1.82, 2.24) is 4.90 Å². The molecule has 0 atom stereocenters. The Morgan fingerprint density at radius 3 is 2.03 bits per heavy atom. The molecule has 0 radical (unpaired) electrons. The van der Waals surface area contributed by atoms with Gasteiger partial charge < -0.3 is 20.3 Å². The molecule has 9 heteroatoms. The lowest BCUT2D eigenvalue weighted by atomic mass is 10.2. The van der Waals surface area contributed by atoms with Crippen LogP contribution < -0.4 is 15.4 Å². The number of hydrogen-bond donors (Lipinski definition) is 2. The number of carbonyl (C=O) groups excluding carboxylic acids is 2. The summed E-state index contributed by atoms with van der Waals surface area (Å²) in [6.45, 7) is 0.375. The van der Waals surface area contributed by atoms with E-state index in [-0.39, 0.29) is 25.2 Å². The largest absolute Gasteiger partial charge is 0.497 e. The highest BCUT2D eigenvalue weighted by molar-refractivity contribution is 5.92. The summed E-state index contributed by atoms with van der Waals surface area (Å²) in [5.74, 6) is 0.231. The van der Waals surface area contributed by atoms with Gasteiger partial charge in [-0.2, -0.15) is 13.2 Å². The molecule has 3 amide bonds. The zero-order valence-corrected chi connectivity index (χ0v) is 18.4. The molecule has 0 unspecified atom stereocenters. The molecule has 0 spiro atoms. The molecule has 0 aliphatic carbocycles. The molecule has 0 aliphatic rings. The number of ether oxygens (including phenoxy) is 1. The van der Waals surface area contributed by atoms with E-state index in [1.807, 2.05) is 30.3 Å². The summed E-state index contributed by atoms with van der Waals surface area (Å²) >= 11 is 0. The van der Waals surface area contributed by atoms with Crippen LogP contribution in [0, 0.1) is 0 Å². The smallest absolute Gasteiger partial charge is 0.416 e. The van der Waals surface area contributed by atoms with Crippen molar-refractivity contribution in [3.05, 3.63) is 90.0 Å². The van der Waals surface area contributed by atoms with E-state index in [0.29, 0.717) is 11.4 Å². The lowest BCUT2D eigenvalue weighted by Gasteiger charge is -2.23. The minimum Gasteiger partial charge on any atom is -0.497 e. The zero-order chi connectivity index (χ0) is 24.6. The quantitative estimate of drug-likeness (QED) is 0.438. The van der Waals surface area contributed by atoms with Crippen LogP contribution in [0.25, 0.3) is 0 Å². The molecule has 3 rings (SSSR count). The zero-order valence-electron chi connectivity index (χ0n) is 18.4. The maximum Gasteiger partial charge on any atom is 0.416 e. The van der Waals surface area contributed by atoms with Gasteiger partial charge in [0.15, 0.2) is 0 Å². The van der Waals surface area contributed by atoms with E-state index in [0.717, 1.165) is 17.7 Å². The third kappa shape index (κ3) is 7.26. The SMILES string of the molecule is COc1ccc(NC(=O)N(CCC(=O)Nc2ccc(C(F)(F)F)cc2)Cc2ccccc2)cc1. The first-order valence-electron chi connectivity index (χ1n) is 10.5. The second-order valence-electron chi connectivity index (χ2n) is 7.44. The minimum absolute atomic E-state index is 0.0378. The molecular weight excluding hydrogens is 447 g/mol. The maximum atomic E-state index is 12.9. The summed E-state index contributed by atoms with van der Waals surface area (Å²) in [7, 11) is 1.55. The monoisotopic (exact) mass is 471 g/mol. The summed E-state index contributed by atoms with van der Waals surface area (Å²) in [5.41, 5.74) is 0.902. The summed E-state index contributed by atoms with van der Waals surface area (Å²) in [6, 6.07) is 20.0. The molecule has 0 bridgehead atoms. The summed E-state index contributed by atoms with van der Waals surface area (Å²) in [5, 5.41) is 5.36. The number of amides is 3. The van der Waals surface area contributed by atoms with Crippen molar-refractivity contribution in [2.45, 2.75) is 19.1 Å². The Bertz CT molecular complexity index is 1090. The second-order valence-corrected chi connectivity index (χ2v) is 7.44. The van der Waals surface area contributed by atoms with Gasteiger partial charge in [0.2, 0.25) is 5.91 Å². The van der Waals surface area contributed by atoms with Gasteiger partial charge >= 0.3 is 12.2 Å². The highest BCUT2D eigenvalue weighted by atomic mass is 19.4. The van der Waals surface area contributed by atoms with Crippen molar-refractivity contribution < 1.29 is 27.5 Å². The summed E-state index contributed by atoms with van der Waals surface area (Å²) in [6.07, 6.45) is -4.48. The number of anilines is 2. The Morgan fingerprint density at radius 2 is 1.44 bits per heavy atom. The van der Waals surface area contributed by atoms with Crippen molar-refractivity contribution in [2.75, 3.05) is 24.3 Å². The van der Waals surface area contributed by atoms with Gasteiger partial charge in [0.1, 0.15) is 5.75 Å². The van der Waals surface area contributed by atoms with Crippen LogP contribution in [0.5, 0.6) is 5.75 Å². The predicted octanol–water partition coefficient (Wildman–Crippen LogP) is 5.78. The van der Waals surface area contributed by atoms with Gasteiger partial charge in [-0.1, -0.05) is 30.3 Å². The number of alkyl halides is 3. The molecule has 2 N–H and O–H groups in total. The molecule has 0 fully saturated rings. The van der Waals surface area contributed by atoms with Gasteiger partial charge in [-0.3, -0.25) is 4.79 Å². The third-order valence-electron chi connectivity index (χ3n) is 4.95. The maximum absolute atomic E-state index is 12.9. The normalized spacial score (nSPS) is 10.9. The van der Waals surface area contributed by atoms with E-state index in [4.69, 9.17) is 4.74 Å². The summed E-state index contributed by atoms with van der Waals surface area (Å²) < 4.78 is 43.2. The number of carbonyl (C=O) groups is 2. The third-order valence-corrected chi connectivity index (χ3v) is 4.95. The van der Waals surface area contributed by atoms with Crippen molar-refractivity contribution in [3.8, 4) is 5.75 Å². The topological polar surface area (TPSA) is 70.7 Å².